The highest BCUT2D eigenvalue weighted by Gasteiger charge is 2.12. The van der Waals surface area contributed by atoms with Gasteiger partial charge in [-0.05, 0) is 48.9 Å². The number of aryl methyl sites for hydroxylation is 1. The lowest BCUT2D eigenvalue weighted by Gasteiger charge is -2.17. The maximum atomic E-state index is 12.3. The van der Waals surface area contributed by atoms with Crippen LogP contribution in [0, 0.1) is 6.92 Å². The molecule has 2 aromatic rings. The van der Waals surface area contributed by atoms with Gasteiger partial charge in [-0.25, -0.2) is 0 Å². The summed E-state index contributed by atoms with van der Waals surface area (Å²) in [6.45, 7) is 2.87. The van der Waals surface area contributed by atoms with Crippen LogP contribution in [0.4, 0.5) is 0 Å². The van der Waals surface area contributed by atoms with E-state index in [4.69, 9.17) is 10.5 Å². The van der Waals surface area contributed by atoms with Crippen molar-refractivity contribution in [2.24, 2.45) is 5.73 Å². The fourth-order valence-electron chi connectivity index (χ4n) is 2.10. The summed E-state index contributed by atoms with van der Waals surface area (Å²) in [5.74, 6) is 0.148. The molecule has 0 atom stereocenters. The maximum Gasteiger partial charge on any atom is 0.253 e. The molecule has 0 saturated heterocycles. The van der Waals surface area contributed by atoms with Crippen molar-refractivity contribution < 1.29 is 14.3 Å². The first-order valence-electron chi connectivity index (χ1n) is 7.32. The van der Waals surface area contributed by atoms with Crippen molar-refractivity contribution in [2.75, 3.05) is 20.2 Å². The van der Waals surface area contributed by atoms with Gasteiger partial charge in [0, 0.05) is 18.2 Å². The number of carbonyl (C=O) groups excluding carboxylic acids is 2. The predicted molar refractivity (Wildman–Crippen MR) is 88.6 cm³/mol. The Labute approximate surface area is 135 Å². The molecule has 2 amide bonds. The second kappa shape index (κ2) is 7.45. The van der Waals surface area contributed by atoms with Crippen LogP contribution >= 0.6 is 0 Å². The van der Waals surface area contributed by atoms with Crippen molar-refractivity contribution in [2.45, 2.75) is 6.92 Å². The lowest BCUT2D eigenvalue weighted by Crippen LogP contribution is -2.30. The van der Waals surface area contributed by atoms with Crippen LogP contribution in [-0.2, 0) is 0 Å². The number of rotatable bonds is 6. The molecule has 0 aromatic heterocycles. The van der Waals surface area contributed by atoms with Gasteiger partial charge in [0.1, 0.15) is 12.4 Å². The lowest BCUT2D eigenvalue weighted by molar-refractivity contribution is 0.0773. The fraction of sp³-hybridized carbons (Fsp3) is 0.222. The summed E-state index contributed by atoms with van der Waals surface area (Å²) < 4.78 is 5.64. The number of benzene rings is 2. The zero-order valence-electron chi connectivity index (χ0n) is 13.3. The second-order valence-electron chi connectivity index (χ2n) is 5.33. The zero-order chi connectivity index (χ0) is 16.8. The summed E-state index contributed by atoms with van der Waals surface area (Å²) in [5, 5.41) is 0. The van der Waals surface area contributed by atoms with Crippen LogP contribution in [0.2, 0.25) is 0 Å². The Bertz CT molecular complexity index is 696. The number of hydrogen-bond acceptors (Lipinski definition) is 3. The summed E-state index contributed by atoms with van der Waals surface area (Å²) >= 11 is 0. The van der Waals surface area contributed by atoms with Crippen LogP contribution in [0.1, 0.15) is 26.3 Å². The number of primary amides is 1. The highest BCUT2D eigenvalue weighted by atomic mass is 16.5. The van der Waals surface area contributed by atoms with Crippen molar-refractivity contribution >= 4 is 11.8 Å². The first-order chi connectivity index (χ1) is 11.0. The first kappa shape index (κ1) is 16.5. The third-order valence-corrected chi connectivity index (χ3v) is 3.45. The molecule has 0 heterocycles. The van der Waals surface area contributed by atoms with Crippen molar-refractivity contribution in [3.63, 3.8) is 0 Å². The number of nitrogens with two attached hydrogens (primary N) is 1. The minimum Gasteiger partial charge on any atom is -0.492 e. The van der Waals surface area contributed by atoms with E-state index in [1.54, 1.807) is 36.2 Å². The molecule has 2 aromatic carbocycles. The molecule has 0 spiro atoms. The third kappa shape index (κ3) is 4.57. The molecule has 2 rings (SSSR count). The van der Waals surface area contributed by atoms with Gasteiger partial charge in [0.05, 0.1) is 6.54 Å². The van der Waals surface area contributed by atoms with Gasteiger partial charge in [0.15, 0.2) is 0 Å². The van der Waals surface area contributed by atoms with Crippen molar-refractivity contribution in [1.29, 1.82) is 0 Å². The van der Waals surface area contributed by atoms with Crippen LogP contribution in [0.15, 0.2) is 48.5 Å². The van der Waals surface area contributed by atoms with Gasteiger partial charge in [0.25, 0.3) is 5.91 Å². The third-order valence-electron chi connectivity index (χ3n) is 3.45. The summed E-state index contributed by atoms with van der Waals surface area (Å²) in [5.41, 5.74) is 7.20. The molecule has 0 aliphatic heterocycles. The Hall–Kier alpha value is -2.82. The zero-order valence-corrected chi connectivity index (χ0v) is 13.3. The van der Waals surface area contributed by atoms with Crippen LogP contribution in [0.25, 0.3) is 0 Å². The van der Waals surface area contributed by atoms with E-state index < -0.39 is 5.91 Å². The smallest absolute Gasteiger partial charge is 0.253 e. The SMILES string of the molecule is Cc1cccc(OCCN(C)C(=O)c2ccc(C(N)=O)cc2)c1. The average molecular weight is 312 g/mol. The van der Waals surface area contributed by atoms with E-state index in [2.05, 4.69) is 0 Å². The van der Waals surface area contributed by atoms with Gasteiger partial charge in [0.2, 0.25) is 5.91 Å². The fourth-order valence-corrected chi connectivity index (χ4v) is 2.10. The second-order valence-corrected chi connectivity index (χ2v) is 5.33. The lowest BCUT2D eigenvalue weighted by atomic mass is 10.1. The van der Waals surface area contributed by atoms with Gasteiger partial charge in [-0.1, -0.05) is 12.1 Å². The largest absolute Gasteiger partial charge is 0.492 e. The Morgan fingerprint density at radius 1 is 1.09 bits per heavy atom. The molecular formula is C18H20N2O3. The van der Waals surface area contributed by atoms with Gasteiger partial charge < -0.3 is 15.4 Å². The first-order valence-corrected chi connectivity index (χ1v) is 7.32. The molecule has 0 radical (unpaired) electrons. The van der Waals surface area contributed by atoms with Crippen LogP contribution in [0.5, 0.6) is 5.75 Å². The molecule has 0 aliphatic rings. The molecular weight excluding hydrogens is 292 g/mol. The number of hydrogen-bond donors (Lipinski definition) is 1. The molecule has 23 heavy (non-hydrogen) atoms. The highest BCUT2D eigenvalue weighted by Crippen LogP contribution is 2.12. The van der Waals surface area contributed by atoms with E-state index in [0.717, 1.165) is 11.3 Å². The minimum atomic E-state index is -0.510. The Morgan fingerprint density at radius 2 is 1.74 bits per heavy atom. The summed E-state index contributed by atoms with van der Waals surface area (Å²) in [4.78, 5) is 24.9. The molecule has 0 aliphatic carbocycles. The van der Waals surface area contributed by atoms with Crippen molar-refractivity contribution in [3.05, 3.63) is 65.2 Å². The van der Waals surface area contributed by atoms with Crippen molar-refractivity contribution in [3.8, 4) is 5.75 Å². The number of nitrogens with zero attached hydrogens (tertiary/aromatic N) is 1. The number of likely N-dealkylation sites (N-methyl/N-ethyl adjacent to an activating group) is 1. The standard InChI is InChI=1S/C18H20N2O3/c1-13-4-3-5-16(12-13)23-11-10-20(2)18(22)15-8-6-14(7-9-15)17(19)21/h3-9,12H,10-11H2,1-2H3,(H2,19,21). The average Bonchev–Trinajstić information content (AvgIpc) is 2.54. The minimum absolute atomic E-state index is 0.131. The molecule has 0 bridgehead atoms. The van der Waals surface area contributed by atoms with Gasteiger partial charge >= 0.3 is 0 Å². The van der Waals surface area contributed by atoms with Gasteiger partial charge in [-0.2, -0.15) is 0 Å². The monoisotopic (exact) mass is 312 g/mol. The van der Waals surface area contributed by atoms with E-state index in [9.17, 15) is 9.59 Å². The summed E-state index contributed by atoms with van der Waals surface area (Å²) in [7, 11) is 1.71. The number of amides is 2. The van der Waals surface area contributed by atoms with E-state index in [1.165, 1.54) is 0 Å². The molecule has 5 heteroatoms. The Morgan fingerprint density at radius 3 is 2.35 bits per heavy atom. The maximum absolute atomic E-state index is 12.3. The van der Waals surface area contributed by atoms with Crippen LogP contribution in [0.3, 0.4) is 0 Å². The van der Waals surface area contributed by atoms with E-state index in [0.29, 0.717) is 24.3 Å². The van der Waals surface area contributed by atoms with Gasteiger partial charge in [-0.15, -0.1) is 0 Å². The summed E-state index contributed by atoms with van der Waals surface area (Å²) in [6, 6.07) is 14.1. The topological polar surface area (TPSA) is 72.6 Å². The molecule has 0 saturated carbocycles. The van der Waals surface area contributed by atoms with Crippen LogP contribution < -0.4 is 10.5 Å². The van der Waals surface area contributed by atoms with E-state index in [-0.39, 0.29) is 5.91 Å². The summed E-state index contributed by atoms with van der Waals surface area (Å²) in [6.07, 6.45) is 0. The molecule has 2 N–H and O–H groups in total. The predicted octanol–water partition coefficient (Wildman–Crippen LogP) is 2.24. The van der Waals surface area contributed by atoms with E-state index >= 15 is 0 Å². The highest BCUT2D eigenvalue weighted by molar-refractivity contribution is 5.97. The quantitative estimate of drug-likeness (QED) is 0.889. The van der Waals surface area contributed by atoms with Gasteiger partial charge in [-0.3, -0.25) is 9.59 Å². The molecule has 120 valence electrons. The molecule has 0 fully saturated rings. The van der Waals surface area contributed by atoms with Crippen LogP contribution in [-0.4, -0.2) is 36.9 Å². The number of carbonyl (C=O) groups is 2. The molecule has 5 nitrogen and oxygen atoms in total. The Kier molecular flexibility index (Phi) is 5.36. The van der Waals surface area contributed by atoms with E-state index in [1.807, 2.05) is 31.2 Å². The van der Waals surface area contributed by atoms with Crippen molar-refractivity contribution in [1.82, 2.24) is 4.90 Å². The normalized spacial score (nSPS) is 10.2. The number of ether oxygens (including phenoxy) is 1. The molecule has 0 unspecified atom stereocenters. The Balaban J connectivity index is 1.88.